The molecule has 0 spiro atoms. The molecule has 0 saturated heterocycles. The van der Waals surface area contributed by atoms with Crippen molar-refractivity contribution in [3.63, 3.8) is 0 Å². The Hall–Kier alpha value is -1.06. The summed E-state index contributed by atoms with van der Waals surface area (Å²) in [6.45, 7) is 4.02. The molecule has 0 radical (unpaired) electrons. The summed E-state index contributed by atoms with van der Waals surface area (Å²) in [5, 5.41) is 11.6. The minimum absolute atomic E-state index is 0.00199. The van der Waals surface area contributed by atoms with Crippen molar-refractivity contribution in [1.82, 2.24) is 5.32 Å². The number of hydrogen-bond acceptors (Lipinski definition) is 2. The third kappa shape index (κ3) is 5.71. The summed E-state index contributed by atoms with van der Waals surface area (Å²) in [6.07, 6.45) is 4.92. The number of carboxylic acid groups (broad SMARTS) is 1. The Morgan fingerprint density at radius 2 is 2.06 bits per heavy atom. The number of amides is 1. The quantitative estimate of drug-likeness (QED) is 0.775. The molecule has 3 unspecified atom stereocenters. The third-order valence-corrected chi connectivity index (χ3v) is 3.36. The Balaban J connectivity index is 2.26. The summed E-state index contributed by atoms with van der Waals surface area (Å²) in [6, 6.07) is 0.295. The van der Waals surface area contributed by atoms with Crippen LogP contribution in [0.5, 0.6) is 0 Å². The normalized spacial score (nSPS) is 26.2. The summed E-state index contributed by atoms with van der Waals surface area (Å²) >= 11 is 0. The second-order valence-electron chi connectivity index (χ2n) is 5.44. The van der Waals surface area contributed by atoms with Crippen molar-refractivity contribution in [3.05, 3.63) is 0 Å². The van der Waals surface area contributed by atoms with Gasteiger partial charge in [-0.15, -0.1) is 0 Å². The molecule has 0 aromatic heterocycles. The zero-order valence-electron chi connectivity index (χ0n) is 10.7. The van der Waals surface area contributed by atoms with Crippen molar-refractivity contribution in [2.45, 2.75) is 58.4 Å². The maximum Gasteiger partial charge on any atom is 0.303 e. The Morgan fingerprint density at radius 3 is 2.65 bits per heavy atom. The van der Waals surface area contributed by atoms with Gasteiger partial charge >= 0.3 is 5.97 Å². The van der Waals surface area contributed by atoms with Crippen LogP contribution in [0, 0.1) is 11.8 Å². The first kappa shape index (κ1) is 14.0. The van der Waals surface area contributed by atoms with Crippen molar-refractivity contribution in [1.29, 1.82) is 0 Å². The smallest absolute Gasteiger partial charge is 0.303 e. The molecule has 98 valence electrons. The zero-order chi connectivity index (χ0) is 12.8. The van der Waals surface area contributed by atoms with Gasteiger partial charge in [-0.05, 0) is 24.7 Å². The van der Waals surface area contributed by atoms with Crippen LogP contribution in [0.3, 0.4) is 0 Å². The van der Waals surface area contributed by atoms with E-state index in [1.165, 1.54) is 12.8 Å². The van der Waals surface area contributed by atoms with E-state index in [1.54, 1.807) is 6.92 Å². The van der Waals surface area contributed by atoms with Gasteiger partial charge in [0.1, 0.15) is 0 Å². The predicted molar refractivity (Wildman–Crippen MR) is 65.6 cm³/mol. The molecule has 0 bridgehead atoms. The molecule has 0 aromatic carbocycles. The van der Waals surface area contributed by atoms with Gasteiger partial charge in [-0.2, -0.15) is 0 Å². The van der Waals surface area contributed by atoms with Gasteiger partial charge in [0.2, 0.25) is 5.91 Å². The highest BCUT2D eigenvalue weighted by atomic mass is 16.4. The summed E-state index contributed by atoms with van der Waals surface area (Å²) in [5.41, 5.74) is 0. The topological polar surface area (TPSA) is 66.4 Å². The Kier molecular flexibility index (Phi) is 5.45. The molecular formula is C13H23NO3. The van der Waals surface area contributed by atoms with Crippen molar-refractivity contribution in [2.75, 3.05) is 0 Å². The average Bonchev–Trinajstić information content (AvgIpc) is 2.14. The second-order valence-corrected chi connectivity index (χ2v) is 5.44. The Labute approximate surface area is 103 Å². The maximum atomic E-state index is 11.7. The average molecular weight is 241 g/mol. The monoisotopic (exact) mass is 241 g/mol. The molecule has 1 amide bonds. The molecule has 1 saturated carbocycles. The van der Waals surface area contributed by atoms with E-state index in [9.17, 15) is 9.59 Å². The molecule has 17 heavy (non-hydrogen) atoms. The standard InChI is InChI=1S/C13H23NO3/c1-9-4-3-5-11(6-9)14-12(15)7-10(2)8-13(16)17/h9-11H,3-8H2,1-2H3,(H,14,15)(H,16,17). The van der Waals surface area contributed by atoms with E-state index in [0.717, 1.165) is 12.8 Å². The molecule has 2 N–H and O–H groups in total. The van der Waals surface area contributed by atoms with Crippen molar-refractivity contribution < 1.29 is 14.7 Å². The highest BCUT2D eigenvalue weighted by molar-refractivity contribution is 5.77. The van der Waals surface area contributed by atoms with Gasteiger partial charge in [0.15, 0.2) is 0 Å². The molecule has 1 aliphatic carbocycles. The van der Waals surface area contributed by atoms with Gasteiger partial charge in [0.25, 0.3) is 0 Å². The fourth-order valence-electron chi connectivity index (χ4n) is 2.54. The Morgan fingerprint density at radius 1 is 1.35 bits per heavy atom. The van der Waals surface area contributed by atoms with Crippen LogP contribution >= 0.6 is 0 Å². The summed E-state index contributed by atoms with van der Waals surface area (Å²) in [4.78, 5) is 22.2. The van der Waals surface area contributed by atoms with E-state index in [4.69, 9.17) is 5.11 Å². The fourth-order valence-corrected chi connectivity index (χ4v) is 2.54. The number of nitrogens with one attached hydrogen (secondary N) is 1. The lowest BCUT2D eigenvalue weighted by molar-refractivity contribution is -0.138. The van der Waals surface area contributed by atoms with E-state index >= 15 is 0 Å². The number of carbonyl (C=O) groups excluding carboxylic acids is 1. The van der Waals surface area contributed by atoms with Gasteiger partial charge in [-0.3, -0.25) is 9.59 Å². The highest BCUT2D eigenvalue weighted by Gasteiger charge is 2.21. The van der Waals surface area contributed by atoms with Crippen LogP contribution in [0.4, 0.5) is 0 Å². The first-order valence-corrected chi connectivity index (χ1v) is 6.48. The van der Waals surface area contributed by atoms with Crippen LogP contribution in [0.1, 0.15) is 52.4 Å². The van der Waals surface area contributed by atoms with E-state index in [1.807, 2.05) is 0 Å². The summed E-state index contributed by atoms with van der Waals surface area (Å²) < 4.78 is 0. The van der Waals surface area contributed by atoms with Crippen LogP contribution in [-0.4, -0.2) is 23.0 Å². The lowest BCUT2D eigenvalue weighted by Gasteiger charge is -2.27. The van der Waals surface area contributed by atoms with Gasteiger partial charge in [-0.25, -0.2) is 0 Å². The van der Waals surface area contributed by atoms with Crippen LogP contribution < -0.4 is 5.32 Å². The SMILES string of the molecule is CC(CC(=O)O)CC(=O)NC1CCCC(C)C1. The molecule has 0 aliphatic heterocycles. The summed E-state index contributed by atoms with van der Waals surface area (Å²) in [5.74, 6) is -0.242. The molecule has 3 atom stereocenters. The number of hydrogen-bond donors (Lipinski definition) is 2. The number of aliphatic carboxylic acids is 1. The molecule has 0 aromatic rings. The zero-order valence-corrected chi connectivity index (χ0v) is 10.7. The lowest BCUT2D eigenvalue weighted by Crippen LogP contribution is -2.38. The van der Waals surface area contributed by atoms with Gasteiger partial charge < -0.3 is 10.4 Å². The van der Waals surface area contributed by atoms with Crippen LogP contribution in [0.15, 0.2) is 0 Å². The van der Waals surface area contributed by atoms with E-state index < -0.39 is 5.97 Å². The largest absolute Gasteiger partial charge is 0.481 e. The number of carboxylic acids is 1. The van der Waals surface area contributed by atoms with Gasteiger partial charge in [0, 0.05) is 18.9 Å². The minimum atomic E-state index is -0.836. The van der Waals surface area contributed by atoms with Crippen LogP contribution in [-0.2, 0) is 9.59 Å². The van der Waals surface area contributed by atoms with E-state index in [0.29, 0.717) is 18.4 Å². The number of carbonyl (C=O) groups is 2. The molecule has 0 heterocycles. The van der Waals surface area contributed by atoms with Crippen LogP contribution in [0.25, 0.3) is 0 Å². The van der Waals surface area contributed by atoms with Crippen molar-refractivity contribution in [2.24, 2.45) is 11.8 Å². The van der Waals surface area contributed by atoms with Gasteiger partial charge in [0.05, 0.1) is 0 Å². The fraction of sp³-hybridized carbons (Fsp3) is 0.846. The molecule has 1 aliphatic rings. The van der Waals surface area contributed by atoms with Gasteiger partial charge in [-0.1, -0.05) is 26.7 Å². The second kappa shape index (κ2) is 6.62. The molecule has 1 fully saturated rings. The van der Waals surface area contributed by atoms with Crippen molar-refractivity contribution >= 4 is 11.9 Å². The Bertz CT molecular complexity index is 278. The third-order valence-electron chi connectivity index (χ3n) is 3.36. The molecule has 1 rings (SSSR count). The predicted octanol–water partition coefficient (Wildman–Crippen LogP) is 2.18. The molecule has 4 nitrogen and oxygen atoms in total. The summed E-state index contributed by atoms with van der Waals surface area (Å²) in [7, 11) is 0. The van der Waals surface area contributed by atoms with Crippen molar-refractivity contribution in [3.8, 4) is 0 Å². The first-order valence-electron chi connectivity index (χ1n) is 6.48. The molecular weight excluding hydrogens is 218 g/mol. The molecule has 4 heteroatoms. The highest BCUT2D eigenvalue weighted by Crippen LogP contribution is 2.23. The lowest BCUT2D eigenvalue weighted by atomic mass is 9.87. The minimum Gasteiger partial charge on any atom is -0.481 e. The van der Waals surface area contributed by atoms with Crippen LogP contribution in [0.2, 0.25) is 0 Å². The first-order chi connectivity index (χ1) is 7.97. The maximum absolute atomic E-state index is 11.7. The van der Waals surface area contributed by atoms with E-state index in [-0.39, 0.29) is 18.2 Å². The van der Waals surface area contributed by atoms with E-state index in [2.05, 4.69) is 12.2 Å². The number of rotatable bonds is 5.